The van der Waals surface area contributed by atoms with Crippen LogP contribution in [-0.4, -0.2) is 51.0 Å². The van der Waals surface area contributed by atoms with E-state index in [2.05, 4.69) is 16.7 Å². The van der Waals surface area contributed by atoms with E-state index in [1.807, 2.05) is 20.8 Å². The highest BCUT2D eigenvalue weighted by molar-refractivity contribution is 7.99. The van der Waals surface area contributed by atoms with Gasteiger partial charge in [0.1, 0.15) is 17.3 Å². The van der Waals surface area contributed by atoms with Crippen molar-refractivity contribution < 1.29 is 18.8 Å². The van der Waals surface area contributed by atoms with Crippen molar-refractivity contribution in [1.29, 1.82) is 0 Å². The first-order chi connectivity index (χ1) is 10.6. The molecule has 7 heteroatoms. The normalized spacial score (nSPS) is 12.0. The number of thioether (sulfide) groups is 1. The second kappa shape index (κ2) is 8.40. The summed E-state index contributed by atoms with van der Waals surface area (Å²) in [6, 6.07) is 0. The average molecular weight is 340 g/mol. The fourth-order valence-electron chi connectivity index (χ4n) is 1.53. The third-order valence-corrected chi connectivity index (χ3v) is 3.80. The highest BCUT2D eigenvalue weighted by Crippen LogP contribution is 2.17. The van der Waals surface area contributed by atoms with Crippen LogP contribution in [0.2, 0.25) is 0 Å². The summed E-state index contributed by atoms with van der Waals surface area (Å²) in [6.45, 7) is 13.3. The van der Waals surface area contributed by atoms with E-state index < -0.39 is 17.4 Å². The largest absolute Gasteiger partial charge is 0.598 e. The minimum absolute atomic E-state index is 0.503. The number of carbonyl (C=O) groups excluding carboxylic acids is 1. The van der Waals surface area contributed by atoms with E-state index in [4.69, 9.17) is 9.47 Å². The predicted molar refractivity (Wildman–Crippen MR) is 91.0 cm³/mol. The van der Waals surface area contributed by atoms with Crippen LogP contribution in [0.15, 0.2) is 23.6 Å². The molecule has 0 fully saturated rings. The fraction of sp³-hybridized carbons (Fsp3) is 0.625. The second-order valence-corrected chi connectivity index (χ2v) is 7.56. The standard InChI is InChI=1S/C16H26N3O3S/c1-15(2,3)22-14(20)19(6)16(4,5)21-10-7-11-23-13-12-17-8-9-18-13/h8-9,12H,6-7,10-11H2,1-5H3/q+1. The molecule has 0 bridgehead atoms. The molecule has 0 N–H and O–H groups in total. The van der Waals surface area contributed by atoms with Gasteiger partial charge in [0.15, 0.2) is 0 Å². The smallest absolute Gasteiger partial charge is 0.406 e. The number of amides is 1. The molecule has 128 valence electrons. The van der Waals surface area contributed by atoms with Gasteiger partial charge in [-0.15, -0.1) is 16.3 Å². The first kappa shape index (κ1) is 19.6. The summed E-state index contributed by atoms with van der Waals surface area (Å²) in [7, 11) is 0. The van der Waals surface area contributed by atoms with Crippen LogP contribution in [-0.2, 0) is 9.47 Å². The van der Waals surface area contributed by atoms with Crippen molar-refractivity contribution in [2.75, 3.05) is 12.4 Å². The maximum Gasteiger partial charge on any atom is 0.598 e. The summed E-state index contributed by atoms with van der Waals surface area (Å²) in [6.07, 6.45) is 5.37. The minimum Gasteiger partial charge on any atom is -0.406 e. The van der Waals surface area contributed by atoms with E-state index in [0.717, 1.165) is 17.2 Å². The molecule has 0 spiro atoms. The lowest BCUT2D eigenvalue weighted by Crippen LogP contribution is -2.44. The molecule has 0 unspecified atom stereocenters. The van der Waals surface area contributed by atoms with Crippen molar-refractivity contribution in [3.63, 3.8) is 0 Å². The van der Waals surface area contributed by atoms with Gasteiger partial charge in [-0.1, -0.05) is 0 Å². The predicted octanol–water partition coefficient (Wildman–Crippen LogP) is 3.36. The van der Waals surface area contributed by atoms with Crippen LogP contribution in [0.3, 0.4) is 0 Å². The third-order valence-electron chi connectivity index (χ3n) is 2.80. The van der Waals surface area contributed by atoms with Crippen LogP contribution >= 0.6 is 11.8 Å². The minimum atomic E-state index is -0.834. The van der Waals surface area contributed by atoms with Crippen LogP contribution in [0.5, 0.6) is 0 Å². The van der Waals surface area contributed by atoms with Crippen LogP contribution in [0.4, 0.5) is 4.79 Å². The average Bonchev–Trinajstić information content (AvgIpc) is 2.45. The Kier molecular flexibility index (Phi) is 7.15. The van der Waals surface area contributed by atoms with E-state index in [1.54, 1.807) is 44.2 Å². The second-order valence-electron chi connectivity index (χ2n) is 6.45. The molecule has 0 aliphatic carbocycles. The van der Waals surface area contributed by atoms with E-state index in [-0.39, 0.29) is 0 Å². The number of hydrogen-bond acceptors (Lipinski definition) is 6. The van der Waals surface area contributed by atoms with Crippen molar-refractivity contribution >= 4 is 24.6 Å². The Hall–Kier alpha value is -1.47. The first-order valence-corrected chi connectivity index (χ1v) is 8.47. The van der Waals surface area contributed by atoms with Crippen molar-refractivity contribution in [3.05, 3.63) is 18.6 Å². The maximum atomic E-state index is 12.0. The Bertz CT molecular complexity index is 527. The van der Waals surface area contributed by atoms with Crippen molar-refractivity contribution in [1.82, 2.24) is 9.97 Å². The van der Waals surface area contributed by atoms with Gasteiger partial charge >= 0.3 is 6.09 Å². The molecule has 1 heterocycles. The van der Waals surface area contributed by atoms with Crippen molar-refractivity contribution in [2.24, 2.45) is 0 Å². The summed E-state index contributed by atoms with van der Waals surface area (Å²) in [5, 5.41) is 0.888. The van der Waals surface area contributed by atoms with Crippen molar-refractivity contribution in [2.45, 2.75) is 57.4 Å². The molecule has 1 rings (SSSR count). The van der Waals surface area contributed by atoms with Gasteiger partial charge in [0.25, 0.3) is 5.72 Å². The molecule has 0 aromatic carbocycles. The number of ether oxygens (including phenoxy) is 2. The lowest BCUT2D eigenvalue weighted by atomic mass is 10.2. The van der Waals surface area contributed by atoms with E-state index >= 15 is 0 Å². The summed E-state index contributed by atoms with van der Waals surface area (Å²) < 4.78 is 12.3. The van der Waals surface area contributed by atoms with E-state index in [9.17, 15) is 4.79 Å². The van der Waals surface area contributed by atoms with Gasteiger partial charge in [-0.05, 0) is 27.2 Å². The van der Waals surface area contributed by atoms with Crippen molar-refractivity contribution in [3.8, 4) is 0 Å². The lowest BCUT2D eigenvalue weighted by molar-refractivity contribution is -0.583. The zero-order valence-corrected chi connectivity index (χ0v) is 15.4. The van der Waals surface area contributed by atoms with Gasteiger partial charge < -0.3 is 9.47 Å². The van der Waals surface area contributed by atoms with Crippen LogP contribution < -0.4 is 0 Å². The number of carbonyl (C=O) groups is 1. The van der Waals surface area contributed by atoms with Gasteiger partial charge in [0, 0.05) is 32.0 Å². The number of aromatic nitrogens is 2. The molecule has 1 aromatic heterocycles. The Morgan fingerprint density at radius 1 is 1.30 bits per heavy atom. The fourth-order valence-corrected chi connectivity index (χ4v) is 2.27. The van der Waals surface area contributed by atoms with Gasteiger partial charge in [0.2, 0.25) is 0 Å². The molecule has 1 amide bonds. The Labute approximate surface area is 142 Å². The molecule has 0 saturated carbocycles. The topological polar surface area (TPSA) is 64.3 Å². The molecule has 0 aliphatic rings. The molecule has 0 atom stereocenters. The zero-order chi connectivity index (χ0) is 17.5. The van der Waals surface area contributed by atoms with Gasteiger partial charge in [-0.2, -0.15) is 4.79 Å². The van der Waals surface area contributed by atoms with Crippen LogP contribution in [0, 0.1) is 0 Å². The van der Waals surface area contributed by atoms with E-state index in [1.165, 1.54) is 4.58 Å². The van der Waals surface area contributed by atoms with Gasteiger partial charge in [-0.25, -0.2) is 4.98 Å². The van der Waals surface area contributed by atoms with E-state index in [0.29, 0.717) is 6.61 Å². The monoisotopic (exact) mass is 340 g/mol. The van der Waals surface area contributed by atoms with Crippen LogP contribution in [0.1, 0.15) is 41.0 Å². The lowest BCUT2D eigenvalue weighted by Gasteiger charge is -2.23. The summed E-state index contributed by atoms with van der Waals surface area (Å²) in [5.74, 6) is 0.859. The summed E-state index contributed by atoms with van der Waals surface area (Å²) in [4.78, 5) is 20.2. The summed E-state index contributed by atoms with van der Waals surface area (Å²) >= 11 is 1.62. The molecule has 0 aliphatic heterocycles. The Morgan fingerprint density at radius 2 is 2.00 bits per heavy atom. The third kappa shape index (κ3) is 7.56. The molecule has 1 aromatic rings. The number of nitrogens with zero attached hydrogens (tertiary/aromatic N) is 3. The SMILES string of the molecule is C=[N+](C(=O)OC(C)(C)C)C(C)(C)OCCCSc1cnccn1. The van der Waals surface area contributed by atoms with Gasteiger partial charge in [-0.3, -0.25) is 4.98 Å². The molecule has 0 saturated heterocycles. The highest BCUT2D eigenvalue weighted by atomic mass is 32.2. The Morgan fingerprint density at radius 3 is 2.57 bits per heavy atom. The molecule has 23 heavy (non-hydrogen) atoms. The molecular formula is C16H26N3O3S+. The zero-order valence-electron chi connectivity index (χ0n) is 14.5. The summed E-state index contributed by atoms with van der Waals surface area (Å²) in [5.41, 5.74) is -1.39. The molecule has 6 nitrogen and oxygen atoms in total. The highest BCUT2D eigenvalue weighted by Gasteiger charge is 2.38. The molecule has 0 radical (unpaired) electrons. The number of rotatable bonds is 7. The van der Waals surface area contributed by atoms with Crippen LogP contribution in [0.25, 0.3) is 0 Å². The number of hydrogen-bond donors (Lipinski definition) is 0. The Balaban J connectivity index is 2.34. The van der Waals surface area contributed by atoms with Gasteiger partial charge in [0.05, 0.1) is 12.8 Å². The molecular weight excluding hydrogens is 314 g/mol. The first-order valence-electron chi connectivity index (χ1n) is 7.48. The maximum absolute atomic E-state index is 12.0. The quantitative estimate of drug-likeness (QED) is 0.249.